The second-order valence-electron chi connectivity index (χ2n) is 8.36. The summed E-state index contributed by atoms with van der Waals surface area (Å²) in [6.45, 7) is 4.97. The molecule has 7 nitrogen and oxygen atoms in total. The van der Waals surface area contributed by atoms with Crippen molar-refractivity contribution in [2.45, 2.75) is 45.2 Å². The fourth-order valence-electron chi connectivity index (χ4n) is 4.29. The van der Waals surface area contributed by atoms with Crippen LogP contribution in [0, 0.1) is 0 Å². The van der Waals surface area contributed by atoms with Gasteiger partial charge in [-0.2, -0.15) is 0 Å². The molecule has 0 radical (unpaired) electrons. The SMILES string of the molecule is CCOc1ccc2c(N)c(-c3ccc(NC(=O)NC(C)COC)cc3)n(C3CCC3)c2c1. The van der Waals surface area contributed by atoms with Gasteiger partial charge in [0, 0.05) is 35.9 Å². The second-order valence-corrected chi connectivity index (χ2v) is 8.36. The highest BCUT2D eigenvalue weighted by Gasteiger charge is 2.27. The molecular formula is C25H32N4O3. The number of benzene rings is 2. The zero-order chi connectivity index (χ0) is 22.7. The predicted molar refractivity (Wildman–Crippen MR) is 129 cm³/mol. The van der Waals surface area contributed by atoms with Gasteiger partial charge in [-0.05, 0) is 57.4 Å². The van der Waals surface area contributed by atoms with Crippen molar-refractivity contribution in [3.63, 3.8) is 0 Å². The standard InChI is InChI=1S/C25H32N4O3/c1-4-32-20-12-13-21-22(14-20)29(19-6-5-7-19)24(23(21)26)17-8-10-18(11-9-17)28-25(30)27-16(2)15-31-3/h8-14,16,19H,4-7,15,26H2,1-3H3,(H2,27,28,30). The van der Waals surface area contributed by atoms with Crippen LogP contribution in [-0.4, -0.2) is 37.0 Å². The van der Waals surface area contributed by atoms with Crippen molar-refractivity contribution in [1.29, 1.82) is 0 Å². The van der Waals surface area contributed by atoms with Crippen LogP contribution in [0.5, 0.6) is 5.75 Å². The van der Waals surface area contributed by atoms with Gasteiger partial charge in [-0.15, -0.1) is 0 Å². The third-order valence-corrected chi connectivity index (χ3v) is 5.98. The maximum atomic E-state index is 12.2. The maximum absolute atomic E-state index is 12.2. The normalized spacial score (nSPS) is 14.7. The van der Waals surface area contributed by atoms with Crippen molar-refractivity contribution in [3.05, 3.63) is 42.5 Å². The molecule has 1 atom stereocenters. The van der Waals surface area contributed by atoms with E-state index in [1.54, 1.807) is 7.11 Å². The lowest BCUT2D eigenvalue weighted by atomic mass is 9.92. The van der Waals surface area contributed by atoms with Crippen molar-refractivity contribution in [2.24, 2.45) is 0 Å². The molecule has 0 spiro atoms. The van der Waals surface area contributed by atoms with E-state index in [-0.39, 0.29) is 12.1 Å². The first-order chi connectivity index (χ1) is 15.5. The number of nitrogen functional groups attached to an aromatic ring is 1. The largest absolute Gasteiger partial charge is 0.494 e. The van der Waals surface area contributed by atoms with Crippen LogP contribution in [0.3, 0.4) is 0 Å². The van der Waals surface area contributed by atoms with Crippen LogP contribution in [-0.2, 0) is 4.74 Å². The van der Waals surface area contributed by atoms with Gasteiger partial charge in [0.1, 0.15) is 5.75 Å². The highest BCUT2D eigenvalue weighted by Crippen LogP contribution is 2.44. The first kappa shape index (κ1) is 22.0. The van der Waals surface area contributed by atoms with E-state index in [2.05, 4.69) is 27.3 Å². The molecule has 1 unspecified atom stereocenters. The molecule has 1 saturated carbocycles. The van der Waals surface area contributed by atoms with E-state index >= 15 is 0 Å². The van der Waals surface area contributed by atoms with Crippen molar-refractivity contribution >= 4 is 28.3 Å². The summed E-state index contributed by atoms with van der Waals surface area (Å²) >= 11 is 0. The van der Waals surface area contributed by atoms with Crippen molar-refractivity contribution < 1.29 is 14.3 Å². The monoisotopic (exact) mass is 436 g/mol. The highest BCUT2D eigenvalue weighted by molar-refractivity contribution is 6.02. The number of nitrogens with one attached hydrogen (secondary N) is 2. The summed E-state index contributed by atoms with van der Waals surface area (Å²) in [6.07, 6.45) is 3.53. The van der Waals surface area contributed by atoms with Crippen LogP contribution in [0.2, 0.25) is 0 Å². The molecule has 3 aromatic rings. The summed E-state index contributed by atoms with van der Waals surface area (Å²) in [4.78, 5) is 12.2. The molecule has 1 fully saturated rings. The van der Waals surface area contributed by atoms with Gasteiger partial charge in [0.05, 0.1) is 36.2 Å². The Balaban J connectivity index is 1.64. The van der Waals surface area contributed by atoms with Crippen molar-refractivity contribution in [1.82, 2.24) is 9.88 Å². The van der Waals surface area contributed by atoms with Gasteiger partial charge in [-0.3, -0.25) is 0 Å². The number of hydrogen-bond donors (Lipinski definition) is 3. The summed E-state index contributed by atoms with van der Waals surface area (Å²) in [5, 5.41) is 6.76. The number of carbonyl (C=O) groups is 1. The molecule has 7 heteroatoms. The van der Waals surface area contributed by atoms with Gasteiger partial charge >= 0.3 is 6.03 Å². The Hall–Kier alpha value is -3.19. The number of ether oxygens (including phenoxy) is 2. The van der Waals surface area contributed by atoms with Crippen molar-refractivity contribution in [2.75, 3.05) is 31.4 Å². The average molecular weight is 437 g/mol. The number of fused-ring (bicyclic) bond motifs is 1. The smallest absolute Gasteiger partial charge is 0.319 e. The van der Waals surface area contributed by atoms with Gasteiger partial charge in [0.25, 0.3) is 0 Å². The van der Waals surface area contributed by atoms with E-state index < -0.39 is 0 Å². The Bertz CT molecular complexity index is 1090. The first-order valence-electron chi connectivity index (χ1n) is 11.2. The fraction of sp³-hybridized carbons (Fsp3) is 0.400. The lowest BCUT2D eigenvalue weighted by Crippen LogP contribution is -2.38. The molecule has 2 aromatic carbocycles. The summed E-state index contributed by atoms with van der Waals surface area (Å²) in [5.41, 5.74) is 11.3. The van der Waals surface area contributed by atoms with E-state index in [1.807, 2.05) is 44.2 Å². The van der Waals surface area contributed by atoms with Gasteiger partial charge < -0.3 is 30.4 Å². The molecule has 1 aromatic heterocycles. The Morgan fingerprint density at radius 3 is 2.59 bits per heavy atom. The molecule has 170 valence electrons. The summed E-state index contributed by atoms with van der Waals surface area (Å²) in [7, 11) is 1.61. The van der Waals surface area contributed by atoms with Crippen LogP contribution >= 0.6 is 0 Å². The van der Waals surface area contributed by atoms with Crippen LogP contribution < -0.4 is 21.1 Å². The molecule has 2 amide bonds. The van der Waals surface area contributed by atoms with E-state index in [4.69, 9.17) is 15.2 Å². The second kappa shape index (κ2) is 9.53. The molecule has 4 N–H and O–H groups in total. The third-order valence-electron chi connectivity index (χ3n) is 5.98. The number of carbonyl (C=O) groups excluding carboxylic acids is 1. The maximum Gasteiger partial charge on any atom is 0.319 e. The fourth-order valence-corrected chi connectivity index (χ4v) is 4.29. The lowest BCUT2D eigenvalue weighted by Gasteiger charge is -2.30. The number of nitrogens with zero attached hydrogens (tertiary/aromatic N) is 1. The zero-order valence-electron chi connectivity index (χ0n) is 19.0. The first-order valence-corrected chi connectivity index (χ1v) is 11.2. The molecule has 4 rings (SSSR count). The molecular weight excluding hydrogens is 404 g/mol. The van der Waals surface area contributed by atoms with Crippen molar-refractivity contribution in [3.8, 4) is 17.0 Å². The van der Waals surface area contributed by atoms with Gasteiger partial charge in [-0.25, -0.2) is 4.79 Å². The molecule has 0 saturated heterocycles. The molecule has 1 heterocycles. The summed E-state index contributed by atoms with van der Waals surface area (Å²) in [5.74, 6) is 0.859. The number of nitrogens with two attached hydrogens (primary N) is 1. The predicted octanol–water partition coefficient (Wildman–Crippen LogP) is 5.17. The average Bonchev–Trinajstić information content (AvgIpc) is 2.99. The molecule has 1 aliphatic rings. The molecule has 0 bridgehead atoms. The Kier molecular flexibility index (Phi) is 6.55. The quantitative estimate of drug-likeness (QED) is 0.454. The zero-order valence-corrected chi connectivity index (χ0v) is 19.0. The van der Waals surface area contributed by atoms with Gasteiger partial charge in [0.2, 0.25) is 0 Å². The van der Waals surface area contributed by atoms with Gasteiger partial charge in [-0.1, -0.05) is 12.1 Å². The van der Waals surface area contributed by atoms with E-state index in [9.17, 15) is 4.79 Å². The number of aromatic nitrogens is 1. The van der Waals surface area contributed by atoms with Crippen LogP contribution in [0.25, 0.3) is 22.2 Å². The number of urea groups is 1. The molecule has 0 aliphatic heterocycles. The lowest BCUT2D eigenvalue weighted by molar-refractivity contribution is 0.173. The Labute approximate surface area is 188 Å². The summed E-state index contributed by atoms with van der Waals surface area (Å²) in [6, 6.07) is 14.1. The number of methoxy groups -OCH3 is 1. The molecule has 1 aliphatic carbocycles. The number of hydrogen-bond acceptors (Lipinski definition) is 4. The topological polar surface area (TPSA) is 90.5 Å². The Morgan fingerprint density at radius 2 is 1.97 bits per heavy atom. The third kappa shape index (κ3) is 4.39. The van der Waals surface area contributed by atoms with E-state index in [1.165, 1.54) is 6.42 Å². The van der Waals surface area contributed by atoms with Crippen LogP contribution in [0.15, 0.2) is 42.5 Å². The van der Waals surface area contributed by atoms with Gasteiger partial charge in [0.15, 0.2) is 0 Å². The number of amides is 2. The Morgan fingerprint density at radius 1 is 1.22 bits per heavy atom. The van der Waals surface area contributed by atoms with E-state index in [0.29, 0.717) is 19.3 Å². The summed E-state index contributed by atoms with van der Waals surface area (Å²) < 4.78 is 13.2. The van der Waals surface area contributed by atoms with Crippen LogP contribution in [0.4, 0.5) is 16.2 Å². The van der Waals surface area contributed by atoms with Crippen LogP contribution in [0.1, 0.15) is 39.2 Å². The minimum atomic E-state index is -0.256. The minimum Gasteiger partial charge on any atom is -0.494 e. The van der Waals surface area contributed by atoms with E-state index in [0.717, 1.165) is 52.1 Å². The minimum absolute atomic E-state index is 0.0705. The number of rotatable bonds is 8. The molecule has 32 heavy (non-hydrogen) atoms. The number of anilines is 2. The highest BCUT2D eigenvalue weighted by atomic mass is 16.5.